The number of hydrogen-bond acceptors (Lipinski definition) is 7. The number of nitrogens with one attached hydrogen (secondary N) is 1. The van der Waals surface area contributed by atoms with Crippen LogP contribution in [0.25, 0.3) is 0 Å². The molecule has 106 valence electrons. The molecule has 1 atom stereocenters. The van der Waals surface area contributed by atoms with E-state index in [0.29, 0.717) is 25.3 Å². The zero-order valence-electron chi connectivity index (χ0n) is 10.5. The predicted molar refractivity (Wildman–Crippen MR) is 67.4 cm³/mol. The minimum Gasteiger partial charge on any atom is -0.465 e. The van der Waals surface area contributed by atoms with E-state index in [9.17, 15) is 9.59 Å². The third-order valence-electron chi connectivity index (χ3n) is 2.96. The fraction of sp³-hybridized carbons (Fsp3) is 0.455. The molecule has 0 aliphatic carbocycles. The van der Waals surface area contributed by atoms with Gasteiger partial charge < -0.3 is 20.5 Å². The molecule has 3 rings (SSSR count). The van der Waals surface area contributed by atoms with Gasteiger partial charge in [-0.25, -0.2) is 14.8 Å². The van der Waals surface area contributed by atoms with Gasteiger partial charge in [0.05, 0.1) is 12.7 Å². The number of cyclic esters (lactones) is 1. The summed E-state index contributed by atoms with van der Waals surface area (Å²) >= 11 is 0. The van der Waals surface area contributed by atoms with Crippen molar-refractivity contribution < 1.29 is 19.1 Å². The Hall–Kier alpha value is -2.42. The van der Waals surface area contributed by atoms with Gasteiger partial charge in [-0.3, -0.25) is 9.69 Å². The monoisotopic (exact) mass is 279 g/mol. The molecule has 0 aromatic carbocycles. The number of amides is 2. The molecule has 3 N–H and O–H groups in total. The summed E-state index contributed by atoms with van der Waals surface area (Å²) in [6.07, 6.45) is 1.24. The fourth-order valence-electron chi connectivity index (χ4n) is 2.03. The second-order valence-electron chi connectivity index (χ2n) is 4.41. The number of carbonyl (C=O) groups excluding carboxylic acids is 2. The Labute approximate surface area is 114 Å². The van der Waals surface area contributed by atoms with Crippen LogP contribution in [0.15, 0.2) is 6.20 Å². The lowest BCUT2D eigenvalue weighted by Gasteiger charge is -2.18. The standard InChI is InChI=1S/C11H13N5O4/c12-2-1-6-4-16(11(18)20-6)7-3-13-10-9(14-7)15-8(17)5-19-10/h3,6H,1-2,4-5,12H2,(H,14,15,17). The van der Waals surface area contributed by atoms with Gasteiger partial charge in [-0.05, 0) is 13.0 Å². The van der Waals surface area contributed by atoms with Gasteiger partial charge in [-0.1, -0.05) is 0 Å². The van der Waals surface area contributed by atoms with Crippen LogP contribution in [0, 0.1) is 0 Å². The second-order valence-corrected chi connectivity index (χ2v) is 4.41. The highest BCUT2D eigenvalue weighted by molar-refractivity contribution is 5.94. The molecule has 2 amide bonds. The summed E-state index contributed by atoms with van der Waals surface area (Å²) in [5, 5.41) is 2.54. The quantitative estimate of drug-likeness (QED) is 0.763. The van der Waals surface area contributed by atoms with E-state index in [2.05, 4.69) is 15.3 Å². The average molecular weight is 279 g/mol. The Bertz CT molecular complexity index is 564. The van der Waals surface area contributed by atoms with Gasteiger partial charge in [-0.2, -0.15) is 0 Å². The fourth-order valence-corrected chi connectivity index (χ4v) is 2.03. The maximum atomic E-state index is 11.8. The Morgan fingerprint density at radius 2 is 2.35 bits per heavy atom. The molecule has 2 aliphatic rings. The summed E-state index contributed by atoms with van der Waals surface area (Å²) in [7, 11) is 0. The molecule has 9 heteroatoms. The number of nitrogens with zero attached hydrogens (tertiary/aromatic N) is 3. The molecule has 1 unspecified atom stereocenters. The van der Waals surface area contributed by atoms with Crippen LogP contribution in [0.3, 0.4) is 0 Å². The lowest BCUT2D eigenvalue weighted by molar-refractivity contribution is -0.118. The molecule has 9 nitrogen and oxygen atoms in total. The third-order valence-corrected chi connectivity index (χ3v) is 2.96. The van der Waals surface area contributed by atoms with E-state index in [1.165, 1.54) is 11.1 Å². The molecule has 1 saturated heterocycles. The summed E-state index contributed by atoms with van der Waals surface area (Å²) in [6, 6.07) is 0. The van der Waals surface area contributed by atoms with Gasteiger partial charge in [0.15, 0.2) is 18.2 Å². The van der Waals surface area contributed by atoms with Crippen molar-refractivity contribution in [3.63, 3.8) is 0 Å². The van der Waals surface area contributed by atoms with Gasteiger partial charge in [0.2, 0.25) is 0 Å². The molecule has 0 saturated carbocycles. The van der Waals surface area contributed by atoms with E-state index in [-0.39, 0.29) is 30.3 Å². The van der Waals surface area contributed by atoms with Gasteiger partial charge in [0.25, 0.3) is 11.8 Å². The molecule has 1 aromatic rings. The van der Waals surface area contributed by atoms with E-state index < -0.39 is 6.09 Å². The van der Waals surface area contributed by atoms with Crippen molar-refractivity contribution >= 4 is 23.6 Å². The first-order chi connectivity index (χ1) is 9.67. The van der Waals surface area contributed by atoms with Crippen molar-refractivity contribution in [3.05, 3.63) is 6.20 Å². The molecule has 2 aliphatic heterocycles. The van der Waals surface area contributed by atoms with E-state index >= 15 is 0 Å². The smallest absolute Gasteiger partial charge is 0.415 e. The Morgan fingerprint density at radius 3 is 3.15 bits per heavy atom. The predicted octanol–water partition coefficient (Wildman–Crippen LogP) is -0.519. The lowest BCUT2D eigenvalue weighted by Crippen LogP contribution is -2.30. The first-order valence-electron chi connectivity index (χ1n) is 6.15. The summed E-state index contributed by atoms with van der Waals surface area (Å²) in [5.41, 5.74) is 5.44. The van der Waals surface area contributed by atoms with Crippen LogP contribution in [-0.2, 0) is 9.53 Å². The molecular formula is C11H13N5O4. The zero-order valence-corrected chi connectivity index (χ0v) is 10.5. The summed E-state index contributed by atoms with van der Waals surface area (Å²) in [4.78, 5) is 32.6. The van der Waals surface area contributed by atoms with Gasteiger partial charge in [0, 0.05) is 0 Å². The maximum Gasteiger partial charge on any atom is 0.415 e. The molecule has 0 spiro atoms. The van der Waals surface area contributed by atoms with Crippen molar-refractivity contribution in [2.45, 2.75) is 12.5 Å². The van der Waals surface area contributed by atoms with Crippen molar-refractivity contribution in [1.82, 2.24) is 9.97 Å². The first kappa shape index (κ1) is 12.6. The van der Waals surface area contributed by atoms with Crippen LogP contribution in [0.2, 0.25) is 0 Å². The Kier molecular flexibility index (Phi) is 3.11. The molecule has 20 heavy (non-hydrogen) atoms. The van der Waals surface area contributed by atoms with E-state index in [4.69, 9.17) is 15.2 Å². The highest BCUT2D eigenvalue weighted by Crippen LogP contribution is 2.27. The normalized spacial score (nSPS) is 21.1. The number of anilines is 2. The first-order valence-corrected chi connectivity index (χ1v) is 6.15. The van der Waals surface area contributed by atoms with Crippen LogP contribution in [0.1, 0.15) is 6.42 Å². The van der Waals surface area contributed by atoms with Crippen molar-refractivity contribution in [1.29, 1.82) is 0 Å². The summed E-state index contributed by atoms with van der Waals surface area (Å²) in [5.74, 6) is 0.432. The van der Waals surface area contributed by atoms with Gasteiger partial charge >= 0.3 is 6.09 Å². The average Bonchev–Trinajstić information content (AvgIpc) is 2.79. The topological polar surface area (TPSA) is 120 Å². The number of ether oxygens (including phenoxy) is 2. The second kappa shape index (κ2) is 4.93. The van der Waals surface area contributed by atoms with Gasteiger partial charge in [-0.15, -0.1) is 0 Å². The molecule has 1 fully saturated rings. The Balaban J connectivity index is 1.82. The number of rotatable bonds is 3. The summed E-state index contributed by atoms with van der Waals surface area (Å²) in [6.45, 7) is 0.704. The van der Waals surface area contributed by atoms with E-state index in [0.717, 1.165) is 0 Å². The molecule has 0 bridgehead atoms. The lowest BCUT2D eigenvalue weighted by atomic mass is 10.2. The zero-order chi connectivity index (χ0) is 14.1. The minimum absolute atomic E-state index is 0.0919. The van der Waals surface area contributed by atoms with Crippen LogP contribution < -0.4 is 20.7 Å². The van der Waals surface area contributed by atoms with Crippen LogP contribution in [-0.4, -0.2) is 47.8 Å². The minimum atomic E-state index is -0.499. The number of hydrogen-bond donors (Lipinski definition) is 2. The molecular weight excluding hydrogens is 266 g/mol. The van der Waals surface area contributed by atoms with Crippen molar-refractivity contribution in [2.24, 2.45) is 5.73 Å². The molecule has 0 radical (unpaired) electrons. The number of fused-ring (bicyclic) bond motifs is 1. The van der Waals surface area contributed by atoms with Gasteiger partial charge in [0.1, 0.15) is 6.10 Å². The van der Waals surface area contributed by atoms with Crippen molar-refractivity contribution in [2.75, 3.05) is 29.9 Å². The highest BCUT2D eigenvalue weighted by atomic mass is 16.6. The number of carbonyl (C=O) groups is 2. The molecule has 3 heterocycles. The van der Waals surface area contributed by atoms with E-state index in [1.54, 1.807) is 0 Å². The summed E-state index contributed by atoms with van der Waals surface area (Å²) < 4.78 is 10.3. The largest absolute Gasteiger partial charge is 0.465 e. The SMILES string of the molecule is NCCC1CN(c2cnc3c(n2)NC(=O)CO3)C(=O)O1. The van der Waals surface area contributed by atoms with Crippen molar-refractivity contribution in [3.8, 4) is 5.88 Å². The van der Waals surface area contributed by atoms with E-state index in [1.807, 2.05) is 0 Å². The number of aromatic nitrogens is 2. The third kappa shape index (κ3) is 2.23. The Morgan fingerprint density at radius 1 is 1.50 bits per heavy atom. The van der Waals surface area contributed by atoms with Crippen LogP contribution >= 0.6 is 0 Å². The highest BCUT2D eigenvalue weighted by Gasteiger charge is 2.33. The molecule has 1 aromatic heterocycles. The van der Waals surface area contributed by atoms with Crippen LogP contribution in [0.4, 0.5) is 16.4 Å². The van der Waals surface area contributed by atoms with Crippen LogP contribution in [0.5, 0.6) is 5.88 Å². The number of nitrogens with two attached hydrogens (primary N) is 1. The maximum absolute atomic E-state index is 11.8.